The van der Waals surface area contributed by atoms with Crippen molar-refractivity contribution in [3.8, 4) is 0 Å². The Hall–Kier alpha value is -1.92. The highest BCUT2D eigenvalue weighted by Crippen LogP contribution is 2.45. The summed E-state index contributed by atoms with van der Waals surface area (Å²) in [5, 5.41) is 21.6. The number of hydrogen-bond acceptors (Lipinski definition) is 5. The molecule has 0 fully saturated rings. The van der Waals surface area contributed by atoms with Gasteiger partial charge >= 0.3 is 5.69 Å². The fraction of sp³-hybridized carbons (Fsp3) is 0.333. The fourth-order valence-electron chi connectivity index (χ4n) is 2.66. The van der Waals surface area contributed by atoms with Crippen LogP contribution in [0.1, 0.15) is 29.9 Å². The number of anilines is 2. The molecule has 21 heavy (non-hydrogen) atoms. The van der Waals surface area contributed by atoms with E-state index in [1.165, 1.54) is 23.0 Å². The standard InChI is InChI=1S/C15H16N2O3S/c1-10(18)14-9-13(17(19)20)15(21-14)16-8-4-6-11-5-2-3-7-12(11)16/h2-3,5,7,9-10,18H,4,6,8H2,1H3/t10-/m1/s1. The molecule has 5 nitrogen and oxygen atoms in total. The number of aliphatic hydroxyl groups is 1. The normalized spacial score (nSPS) is 15.6. The van der Waals surface area contributed by atoms with Crippen molar-refractivity contribution in [1.29, 1.82) is 0 Å². The first-order valence-electron chi connectivity index (χ1n) is 6.89. The van der Waals surface area contributed by atoms with Gasteiger partial charge < -0.3 is 10.0 Å². The fourth-order valence-corrected chi connectivity index (χ4v) is 3.77. The maximum atomic E-state index is 11.3. The van der Waals surface area contributed by atoms with E-state index >= 15 is 0 Å². The summed E-state index contributed by atoms with van der Waals surface area (Å²) in [7, 11) is 0. The summed E-state index contributed by atoms with van der Waals surface area (Å²) in [4.78, 5) is 13.6. The summed E-state index contributed by atoms with van der Waals surface area (Å²) >= 11 is 1.30. The highest BCUT2D eigenvalue weighted by atomic mass is 32.1. The van der Waals surface area contributed by atoms with E-state index in [1.807, 2.05) is 23.1 Å². The van der Waals surface area contributed by atoms with Crippen molar-refractivity contribution >= 4 is 27.7 Å². The molecule has 3 rings (SSSR count). The summed E-state index contributed by atoms with van der Waals surface area (Å²) in [5.74, 6) is 0. The number of para-hydroxylation sites is 1. The van der Waals surface area contributed by atoms with Gasteiger partial charge in [0.05, 0.1) is 11.0 Å². The highest BCUT2D eigenvalue weighted by molar-refractivity contribution is 7.16. The molecular formula is C15H16N2O3S. The SMILES string of the molecule is C[C@@H](O)c1cc([N+](=O)[O-])c(N2CCCc3ccccc32)s1. The molecule has 0 saturated heterocycles. The lowest BCUT2D eigenvalue weighted by atomic mass is 10.0. The van der Waals surface area contributed by atoms with Crippen molar-refractivity contribution in [2.75, 3.05) is 11.4 Å². The van der Waals surface area contributed by atoms with Crippen molar-refractivity contribution in [2.24, 2.45) is 0 Å². The van der Waals surface area contributed by atoms with Gasteiger partial charge in [0, 0.05) is 23.2 Å². The van der Waals surface area contributed by atoms with Gasteiger partial charge in [-0.2, -0.15) is 0 Å². The zero-order valence-electron chi connectivity index (χ0n) is 11.7. The molecule has 2 aromatic rings. The Morgan fingerprint density at radius 3 is 2.90 bits per heavy atom. The van der Waals surface area contributed by atoms with Gasteiger partial charge in [-0.05, 0) is 31.4 Å². The summed E-state index contributed by atoms with van der Waals surface area (Å²) < 4.78 is 0. The third-order valence-corrected chi connectivity index (χ3v) is 4.99. The molecule has 0 saturated carbocycles. The molecule has 1 atom stereocenters. The molecule has 1 N–H and O–H groups in total. The van der Waals surface area contributed by atoms with Gasteiger partial charge in [-0.25, -0.2) is 0 Å². The lowest BCUT2D eigenvalue weighted by molar-refractivity contribution is -0.383. The Bertz CT molecular complexity index is 681. The molecule has 110 valence electrons. The third kappa shape index (κ3) is 2.52. The van der Waals surface area contributed by atoms with Crippen LogP contribution in [-0.2, 0) is 6.42 Å². The van der Waals surface area contributed by atoms with E-state index in [2.05, 4.69) is 6.07 Å². The minimum absolute atomic E-state index is 0.0765. The lowest BCUT2D eigenvalue weighted by Gasteiger charge is -2.29. The minimum atomic E-state index is -0.692. The quantitative estimate of drug-likeness (QED) is 0.692. The minimum Gasteiger partial charge on any atom is -0.388 e. The Labute approximate surface area is 126 Å². The van der Waals surface area contributed by atoms with E-state index < -0.39 is 6.10 Å². The molecular weight excluding hydrogens is 288 g/mol. The molecule has 0 radical (unpaired) electrons. The number of hydrogen-bond donors (Lipinski definition) is 1. The molecule has 2 heterocycles. The van der Waals surface area contributed by atoms with Crippen LogP contribution in [0.25, 0.3) is 0 Å². The van der Waals surface area contributed by atoms with E-state index in [0.717, 1.165) is 25.1 Å². The number of rotatable bonds is 3. The van der Waals surface area contributed by atoms with Crippen LogP contribution in [0, 0.1) is 10.1 Å². The van der Waals surface area contributed by atoms with Gasteiger partial charge in [0.25, 0.3) is 0 Å². The first-order valence-corrected chi connectivity index (χ1v) is 7.71. The smallest absolute Gasteiger partial charge is 0.304 e. The van der Waals surface area contributed by atoms with Crippen LogP contribution in [0.4, 0.5) is 16.4 Å². The second kappa shape index (κ2) is 5.46. The number of nitro groups is 1. The summed E-state index contributed by atoms with van der Waals surface area (Å²) in [6.07, 6.45) is 1.27. The van der Waals surface area contributed by atoms with Crippen molar-refractivity contribution in [2.45, 2.75) is 25.9 Å². The maximum absolute atomic E-state index is 11.3. The molecule has 1 aromatic carbocycles. The van der Waals surface area contributed by atoms with Crippen LogP contribution in [0.3, 0.4) is 0 Å². The van der Waals surface area contributed by atoms with Gasteiger partial charge in [-0.15, -0.1) is 11.3 Å². The number of nitrogens with zero attached hydrogens (tertiary/aromatic N) is 2. The molecule has 1 aliphatic heterocycles. The Morgan fingerprint density at radius 2 is 2.19 bits per heavy atom. The highest BCUT2D eigenvalue weighted by Gasteiger charge is 2.28. The second-order valence-electron chi connectivity index (χ2n) is 5.16. The summed E-state index contributed by atoms with van der Waals surface area (Å²) in [6.45, 7) is 2.39. The van der Waals surface area contributed by atoms with Gasteiger partial charge in [0.15, 0.2) is 5.00 Å². The van der Waals surface area contributed by atoms with E-state index in [9.17, 15) is 15.2 Å². The number of benzene rings is 1. The predicted molar refractivity (Wildman–Crippen MR) is 83.4 cm³/mol. The van der Waals surface area contributed by atoms with Crippen molar-refractivity contribution in [3.05, 3.63) is 50.9 Å². The number of thiophene rings is 1. The number of aryl methyl sites for hydroxylation is 1. The predicted octanol–water partition coefficient (Wildman–Crippen LogP) is 3.79. The van der Waals surface area contributed by atoms with Crippen LogP contribution >= 0.6 is 11.3 Å². The van der Waals surface area contributed by atoms with Gasteiger partial charge in [-0.1, -0.05) is 18.2 Å². The Morgan fingerprint density at radius 1 is 1.43 bits per heavy atom. The average Bonchev–Trinajstić information content (AvgIpc) is 2.92. The molecule has 1 aliphatic rings. The Kier molecular flexibility index (Phi) is 3.65. The molecule has 0 aliphatic carbocycles. The van der Waals surface area contributed by atoms with Crippen LogP contribution in [0.5, 0.6) is 0 Å². The zero-order valence-corrected chi connectivity index (χ0v) is 12.5. The average molecular weight is 304 g/mol. The Balaban J connectivity index is 2.11. The van der Waals surface area contributed by atoms with Crippen LogP contribution in [-0.4, -0.2) is 16.6 Å². The van der Waals surface area contributed by atoms with Crippen LogP contribution in [0.2, 0.25) is 0 Å². The zero-order chi connectivity index (χ0) is 15.0. The van der Waals surface area contributed by atoms with Gasteiger partial charge in [-0.3, -0.25) is 10.1 Å². The monoisotopic (exact) mass is 304 g/mol. The first-order chi connectivity index (χ1) is 10.1. The van der Waals surface area contributed by atoms with E-state index in [1.54, 1.807) is 6.92 Å². The summed E-state index contributed by atoms with van der Waals surface area (Å²) in [5.41, 5.74) is 2.32. The molecule has 0 unspecified atom stereocenters. The largest absolute Gasteiger partial charge is 0.388 e. The molecule has 0 bridgehead atoms. The second-order valence-corrected chi connectivity index (χ2v) is 6.22. The van der Waals surface area contributed by atoms with Crippen molar-refractivity contribution in [1.82, 2.24) is 0 Å². The molecule has 6 heteroatoms. The lowest BCUT2D eigenvalue weighted by Crippen LogP contribution is -2.24. The van der Waals surface area contributed by atoms with Gasteiger partial charge in [0.1, 0.15) is 0 Å². The number of aliphatic hydroxyl groups excluding tert-OH is 1. The molecule has 0 spiro atoms. The topological polar surface area (TPSA) is 66.6 Å². The van der Waals surface area contributed by atoms with E-state index in [4.69, 9.17) is 0 Å². The number of fused-ring (bicyclic) bond motifs is 1. The maximum Gasteiger partial charge on any atom is 0.304 e. The molecule has 1 aromatic heterocycles. The first kappa shape index (κ1) is 14.0. The van der Waals surface area contributed by atoms with E-state index in [0.29, 0.717) is 9.88 Å². The van der Waals surface area contributed by atoms with Crippen LogP contribution in [0.15, 0.2) is 30.3 Å². The van der Waals surface area contributed by atoms with Crippen molar-refractivity contribution in [3.63, 3.8) is 0 Å². The van der Waals surface area contributed by atoms with Crippen molar-refractivity contribution < 1.29 is 10.0 Å². The van der Waals surface area contributed by atoms with Gasteiger partial charge in [0.2, 0.25) is 0 Å². The third-order valence-electron chi connectivity index (χ3n) is 3.68. The molecule has 0 amide bonds. The summed E-state index contributed by atoms with van der Waals surface area (Å²) in [6, 6.07) is 9.50. The van der Waals surface area contributed by atoms with E-state index in [-0.39, 0.29) is 10.6 Å². The van der Waals surface area contributed by atoms with Crippen LogP contribution < -0.4 is 4.90 Å².